The first-order valence-electron chi connectivity index (χ1n) is 10.6. The topological polar surface area (TPSA) is 136 Å². The zero-order chi connectivity index (χ0) is 23.6. The summed E-state index contributed by atoms with van der Waals surface area (Å²) in [6.45, 7) is 2.84. The number of nitrogens with zero attached hydrogens (tertiary/aromatic N) is 2. The number of benzene rings is 2. The highest BCUT2D eigenvalue weighted by Gasteiger charge is 2.07. The smallest absolute Gasteiger partial charge is 0.248 e. The molecule has 3 aromatic rings. The number of primary amides is 1. The highest BCUT2D eigenvalue weighted by Crippen LogP contribution is 2.18. The number of ketones is 1. The SMILES string of the molecule is CCCNc1nc(Nc2ccc(C(N)=O)cc2)ncc1C#Cc1ccc(CC(=O)CN)cc1. The summed E-state index contributed by atoms with van der Waals surface area (Å²) in [6, 6.07) is 14.2. The van der Waals surface area contributed by atoms with Gasteiger partial charge in [0.2, 0.25) is 11.9 Å². The van der Waals surface area contributed by atoms with E-state index in [1.54, 1.807) is 30.5 Å². The van der Waals surface area contributed by atoms with Crippen LogP contribution in [0, 0.1) is 11.8 Å². The van der Waals surface area contributed by atoms with Gasteiger partial charge in [0.05, 0.1) is 18.3 Å². The number of carbonyl (C=O) groups excluding carboxylic acids is 2. The van der Waals surface area contributed by atoms with Crippen molar-refractivity contribution in [3.63, 3.8) is 0 Å². The van der Waals surface area contributed by atoms with Gasteiger partial charge in [0.15, 0.2) is 5.78 Å². The van der Waals surface area contributed by atoms with E-state index in [-0.39, 0.29) is 12.3 Å². The number of hydrogen-bond donors (Lipinski definition) is 4. The van der Waals surface area contributed by atoms with E-state index >= 15 is 0 Å². The summed E-state index contributed by atoms with van der Waals surface area (Å²) >= 11 is 0. The molecule has 0 unspecified atom stereocenters. The van der Waals surface area contributed by atoms with Crippen LogP contribution in [-0.2, 0) is 11.2 Å². The standard InChI is InChI=1S/C25H26N6O2/c1-2-13-28-24-20(8-7-17-3-5-18(6-4-17)14-22(32)15-26)16-29-25(31-24)30-21-11-9-19(10-12-21)23(27)33/h3-6,9-12,16H,2,13-15,26H2,1H3,(H2,27,33)(H2,28,29,30,31). The van der Waals surface area contributed by atoms with Gasteiger partial charge in [0.1, 0.15) is 5.82 Å². The molecule has 0 aliphatic carbocycles. The number of amides is 1. The molecule has 1 heterocycles. The molecule has 33 heavy (non-hydrogen) atoms. The van der Waals surface area contributed by atoms with E-state index in [0.717, 1.165) is 29.8 Å². The van der Waals surface area contributed by atoms with E-state index in [4.69, 9.17) is 11.5 Å². The maximum Gasteiger partial charge on any atom is 0.248 e. The van der Waals surface area contributed by atoms with E-state index in [0.29, 0.717) is 29.3 Å². The van der Waals surface area contributed by atoms with Crippen LogP contribution in [0.2, 0.25) is 0 Å². The predicted octanol–water partition coefficient (Wildman–Crippen LogP) is 2.61. The zero-order valence-electron chi connectivity index (χ0n) is 18.4. The number of aromatic nitrogens is 2. The molecule has 2 aromatic carbocycles. The zero-order valence-corrected chi connectivity index (χ0v) is 18.4. The Morgan fingerprint density at radius 2 is 1.76 bits per heavy atom. The summed E-state index contributed by atoms with van der Waals surface area (Å²) in [7, 11) is 0. The van der Waals surface area contributed by atoms with Gasteiger partial charge in [-0.2, -0.15) is 4.98 Å². The molecule has 0 bridgehead atoms. The summed E-state index contributed by atoms with van der Waals surface area (Å²) in [5, 5.41) is 6.40. The van der Waals surface area contributed by atoms with E-state index in [1.165, 1.54) is 0 Å². The van der Waals surface area contributed by atoms with E-state index in [9.17, 15) is 9.59 Å². The number of anilines is 3. The normalized spacial score (nSPS) is 10.1. The fourth-order valence-corrected chi connectivity index (χ4v) is 2.90. The van der Waals surface area contributed by atoms with Gasteiger partial charge in [-0.3, -0.25) is 9.59 Å². The second-order valence-electron chi connectivity index (χ2n) is 7.32. The van der Waals surface area contributed by atoms with Gasteiger partial charge in [-0.1, -0.05) is 30.9 Å². The molecule has 0 saturated heterocycles. The Kier molecular flexibility index (Phi) is 8.11. The Morgan fingerprint density at radius 1 is 1.03 bits per heavy atom. The average molecular weight is 443 g/mol. The summed E-state index contributed by atoms with van der Waals surface area (Å²) in [5.74, 6) is 6.77. The van der Waals surface area contributed by atoms with Crippen molar-refractivity contribution < 1.29 is 9.59 Å². The molecule has 0 spiro atoms. The molecule has 0 aliphatic heterocycles. The van der Waals surface area contributed by atoms with E-state index in [2.05, 4.69) is 39.4 Å². The first-order valence-corrected chi connectivity index (χ1v) is 10.6. The summed E-state index contributed by atoms with van der Waals surface area (Å²) in [5.41, 5.74) is 14.2. The predicted molar refractivity (Wildman–Crippen MR) is 129 cm³/mol. The Hall–Kier alpha value is -4.22. The van der Waals surface area contributed by atoms with Crippen LogP contribution in [0.3, 0.4) is 0 Å². The quantitative estimate of drug-likeness (QED) is 0.374. The summed E-state index contributed by atoms with van der Waals surface area (Å²) < 4.78 is 0. The molecule has 1 aromatic heterocycles. The maximum atomic E-state index is 11.5. The van der Waals surface area contributed by atoms with Crippen LogP contribution < -0.4 is 22.1 Å². The van der Waals surface area contributed by atoms with Gasteiger partial charge in [-0.25, -0.2) is 4.98 Å². The molecule has 1 amide bonds. The van der Waals surface area contributed by atoms with Crippen LogP contribution in [0.5, 0.6) is 0 Å². The molecule has 0 atom stereocenters. The molecule has 8 heteroatoms. The third kappa shape index (κ3) is 6.89. The average Bonchev–Trinajstić information content (AvgIpc) is 2.83. The Labute approximate surface area is 192 Å². The third-order valence-electron chi connectivity index (χ3n) is 4.68. The fraction of sp³-hybridized carbons (Fsp3) is 0.200. The Balaban J connectivity index is 1.78. The molecule has 3 rings (SSSR count). The van der Waals surface area contributed by atoms with Crippen LogP contribution in [0.15, 0.2) is 54.7 Å². The second-order valence-corrected chi connectivity index (χ2v) is 7.32. The van der Waals surface area contributed by atoms with Gasteiger partial charge in [0.25, 0.3) is 0 Å². The monoisotopic (exact) mass is 442 g/mol. The summed E-state index contributed by atoms with van der Waals surface area (Å²) in [6.07, 6.45) is 2.91. The van der Waals surface area contributed by atoms with Crippen molar-refractivity contribution in [3.05, 3.63) is 77.0 Å². The number of carbonyl (C=O) groups is 2. The molecule has 8 nitrogen and oxygen atoms in total. The molecule has 0 saturated carbocycles. The lowest BCUT2D eigenvalue weighted by Gasteiger charge is -2.10. The van der Waals surface area contributed by atoms with Crippen molar-refractivity contribution in [2.24, 2.45) is 11.5 Å². The molecule has 0 fully saturated rings. The minimum atomic E-state index is -0.481. The van der Waals surface area contributed by atoms with Crippen molar-refractivity contribution in [1.29, 1.82) is 0 Å². The number of hydrogen-bond acceptors (Lipinski definition) is 7. The van der Waals surface area contributed by atoms with Gasteiger partial charge < -0.3 is 22.1 Å². The number of Topliss-reactive ketones (excluding diaryl/α,β-unsaturated/α-hetero) is 1. The van der Waals surface area contributed by atoms with E-state index in [1.807, 2.05) is 24.3 Å². The maximum absolute atomic E-state index is 11.5. The molecule has 168 valence electrons. The van der Waals surface area contributed by atoms with Crippen LogP contribution in [0.4, 0.5) is 17.5 Å². The molecule has 6 N–H and O–H groups in total. The number of rotatable bonds is 9. The molecular weight excluding hydrogens is 416 g/mol. The lowest BCUT2D eigenvalue weighted by Crippen LogP contribution is -2.15. The van der Waals surface area contributed by atoms with Gasteiger partial charge in [-0.15, -0.1) is 0 Å². The van der Waals surface area contributed by atoms with Crippen LogP contribution in [0.1, 0.15) is 40.4 Å². The highest BCUT2D eigenvalue weighted by atomic mass is 16.1. The van der Waals surface area contributed by atoms with Gasteiger partial charge in [-0.05, 0) is 48.4 Å². The summed E-state index contributed by atoms with van der Waals surface area (Å²) in [4.78, 5) is 31.6. The van der Waals surface area contributed by atoms with Crippen molar-refractivity contribution in [2.45, 2.75) is 19.8 Å². The first kappa shape index (κ1) is 23.4. The Morgan fingerprint density at radius 3 is 2.39 bits per heavy atom. The van der Waals surface area contributed by atoms with Crippen molar-refractivity contribution >= 4 is 29.1 Å². The van der Waals surface area contributed by atoms with Crippen LogP contribution in [0.25, 0.3) is 0 Å². The fourth-order valence-electron chi connectivity index (χ4n) is 2.90. The highest BCUT2D eigenvalue weighted by molar-refractivity contribution is 5.93. The largest absolute Gasteiger partial charge is 0.369 e. The minimum absolute atomic E-state index is 0.00450. The van der Waals surface area contributed by atoms with Gasteiger partial charge in [0, 0.05) is 29.8 Å². The van der Waals surface area contributed by atoms with Crippen LogP contribution in [-0.4, -0.2) is 34.7 Å². The lowest BCUT2D eigenvalue weighted by molar-refractivity contribution is -0.117. The van der Waals surface area contributed by atoms with Gasteiger partial charge >= 0.3 is 0 Å². The lowest BCUT2D eigenvalue weighted by atomic mass is 10.1. The number of nitrogens with one attached hydrogen (secondary N) is 2. The van der Waals surface area contributed by atoms with Crippen molar-refractivity contribution in [3.8, 4) is 11.8 Å². The third-order valence-corrected chi connectivity index (χ3v) is 4.68. The molecule has 0 radical (unpaired) electrons. The first-order chi connectivity index (χ1) is 16.0. The van der Waals surface area contributed by atoms with Crippen LogP contribution >= 0.6 is 0 Å². The Bertz CT molecular complexity index is 1180. The van der Waals surface area contributed by atoms with E-state index < -0.39 is 5.91 Å². The second kappa shape index (κ2) is 11.4. The van der Waals surface area contributed by atoms with Crippen molar-refractivity contribution in [1.82, 2.24) is 9.97 Å². The molecule has 0 aliphatic rings. The molecular formula is C25H26N6O2. The number of nitrogens with two attached hydrogens (primary N) is 2. The minimum Gasteiger partial charge on any atom is -0.369 e. The van der Waals surface area contributed by atoms with Crippen molar-refractivity contribution in [2.75, 3.05) is 23.7 Å².